The number of methoxy groups -OCH3 is 2. The van der Waals surface area contributed by atoms with Gasteiger partial charge in [0, 0.05) is 37.5 Å². The average molecular weight is 424 g/mol. The molecule has 2 aromatic rings. The maximum atomic E-state index is 12.1. The summed E-state index contributed by atoms with van der Waals surface area (Å²) in [7, 11) is 5.08. The summed E-state index contributed by atoms with van der Waals surface area (Å²) in [5, 5.41) is 3.76. The Bertz CT molecular complexity index is 842. The Balaban J connectivity index is 0.00000300. The maximum absolute atomic E-state index is 12.1. The van der Waals surface area contributed by atoms with Gasteiger partial charge in [0.25, 0.3) is 0 Å². The first-order valence-corrected chi connectivity index (χ1v) is 9.71. The molecule has 1 saturated carbocycles. The fourth-order valence-electron chi connectivity index (χ4n) is 3.60. The third-order valence-electron chi connectivity index (χ3n) is 5.26. The number of benzene rings is 1. The van der Waals surface area contributed by atoms with Crippen LogP contribution in [0.1, 0.15) is 32.1 Å². The van der Waals surface area contributed by atoms with E-state index in [9.17, 15) is 4.79 Å². The molecule has 3 rings (SSSR count). The Hall–Kier alpha value is -2.48. The van der Waals surface area contributed by atoms with Crippen LogP contribution in [0.4, 0.5) is 11.8 Å². The zero-order valence-corrected chi connectivity index (χ0v) is 18.1. The van der Waals surface area contributed by atoms with E-state index < -0.39 is 0 Å². The van der Waals surface area contributed by atoms with Crippen LogP contribution in [0.3, 0.4) is 0 Å². The number of carbonyl (C=O) groups is 1. The lowest BCUT2D eigenvalue weighted by molar-refractivity contribution is -0.124. The van der Waals surface area contributed by atoms with E-state index in [4.69, 9.17) is 15.2 Å². The highest BCUT2D eigenvalue weighted by Crippen LogP contribution is 2.34. The van der Waals surface area contributed by atoms with Crippen molar-refractivity contribution in [2.45, 2.75) is 32.1 Å². The molecule has 1 heterocycles. The molecule has 3 N–H and O–H groups in total. The Morgan fingerprint density at radius 2 is 1.86 bits per heavy atom. The Kier molecular flexibility index (Phi) is 8.13. The van der Waals surface area contributed by atoms with E-state index in [2.05, 4.69) is 15.3 Å². The average Bonchev–Trinajstić information content (AvgIpc) is 3.24. The van der Waals surface area contributed by atoms with E-state index in [1.807, 2.05) is 11.9 Å². The van der Waals surface area contributed by atoms with Gasteiger partial charge in [0.2, 0.25) is 11.9 Å². The minimum Gasteiger partial charge on any atom is -0.493 e. The number of anilines is 2. The molecule has 8 nitrogen and oxygen atoms in total. The number of hydrogen-bond donors (Lipinski definition) is 2. The van der Waals surface area contributed by atoms with Gasteiger partial charge in [-0.15, -0.1) is 12.4 Å². The van der Waals surface area contributed by atoms with Gasteiger partial charge < -0.3 is 25.4 Å². The van der Waals surface area contributed by atoms with Crippen LogP contribution in [0.2, 0.25) is 0 Å². The molecule has 1 aromatic carbocycles. The second kappa shape index (κ2) is 10.3. The molecule has 0 saturated heterocycles. The van der Waals surface area contributed by atoms with Crippen molar-refractivity contribution in [1.29, 1.82) is 0 Å². The van der Waals surface area contributed by atoms with Gasteiger partial charge in [-0.25, -0.2) is 4.98 Å². The Labute approximate surface area is 177 Å². The molecule has 0 radical (unpaired) electrons. The monoisotopic (exact) mass is 423 g/mol. The van der Waals surface area contributed by atoms with Crippen LogP contribution in [0.25, 0.3) is 10.9 Å². The number of carbonyl (C=O) groups excluding carboxylic acids is 1. The lowest BCUT2D eigenvalue weighted by Gasteiger charge is -2.19. The normalized spacial score (nSPS) is 13.8. The highest BCUT2D eigenvalue weighted by molar-refractivity contribution is 5.91. The van der Waals surface area contributed by atoms with E-state index in [1.165, 1.54) is 0 Å². The molecule has 0 unspecified atom stereocenters. The van der Waals surface area contributed by atoms with Crippen molar-refractivity contribution >= 4 is 41.0 Å². The number of nitrogens with one attached hydrogen (secondary N) is 1. The largest absolute Gasteiger partial charge is 0.493 e. The van der Waals surface area contributed by atoms with Gasteiger partial charge in [-0.05, 0) is 25.3 Å². The van der Waals surface area contributed by atoms with Gasteiger partial charge in [0.1, 0.15) is 5.82 Å². The zero-order chi connectivity index (χ0) is 20.1. The summed E-state index contributed by atoms with van der Waals surface area (Å²) in [4.78, 5) is 23.0. The van der Waals surface area contributed by atoms with Crippen LogP contribution in [0.15, 0.2) is 12.1 Å². The number of amides is 1. The molecular formula is C20H30ClN5O3. The number of hydrogen-bond acceptors (Lipinski definition) is 7. The van der Waals surface area contributed by atoms with Crippen molar-refractivity contribution < 1.29 is 14.3 Å². The molecule has 160 valence electrons. The molecule has 1 aliphatic rings. The lowest BCUT2D eigenvalue weighted by atomic mass is 10.1. The van der Waals surface area contributed by atoms with Crippen LogP contribution in [0, 0.1) is 5.92 Å². The highest BCUT2D eigenvalue weighted by Gasteiger charge is 2.22. The minimum atomic E-state index is 0. The Morgan fingerprint density at radius 1 is 1.21 bits per heavy atom. The first-order valence-electron chi connectivity index (χ1n) is 9.71. The van der Waals surface area contributed by atoms with Crippen LogP contribution in [0.5, 0.6) is 11.5 Å². The van der Waals surface area contributed by atoms with E-state index in [0.717, 1.165) is 37.5 Å². The molecule has 0 spiro atoms. The van der Waals surface area contributed by atoms with Gasteiger partial charge in [-0.1, -0.05) is 12.8 Å². The maximum Gasteiger partial charge on any atom is 0.227 e. The van der Waals surface area contributed by atoms with E-state index in [1.54, 1.807) is 26.4 Å². The fraction of sp³-hybridized carbons (Fsp3) is 0.550. The smallest absolute Gasteiger partial charge is 0.227 e. The van der Waals surface area contributed by atoms with E-state index in [-0.39, 0.29) is 24.2 Å². The van der Waals surface area contributed by atoms with E-state index >= 15 is 0 Å². The number of fused-ring (bicyclic) bond motifs is 1. The van der Waals surface area contributed by atoms with Gasteiger partial charge in [-0.3, -0.25) is 4.79 Å². The van der Waals surface area contributed by atoms with Gasteiger partial charge in [-0.2, -0.15) is 4.98 Å². The number of nitrogens with zero attached hydrogens (tertiary/aromatic N) is 3. The van der Waals surface area contributed by atoms with Gasteiger partial charge in [0.05, 0.1) is 19.7 Å². The first kappa shape index (κ1) is 22.8. The molecule has 9 heteroatoms. The summed E-state index contributed by atoms with van der Waals surface area (Å²) in [5.74, 6) is 2.50. The van der Waals surface area contributed by atoms with Crippen molar-refractivity contribution in [1.82, 2.24) is 15.3 Å². The summed E-state index contributed by atoms with van der Waals surface area (Å²) in [6.45, 7) is 1.36. The number of nitrogens with two attached hydrogens (primary N) is 1. The zero-order valence-electron chi connectivity index (χ0n) is 17.2. The van der Waals surface area contributed by atoms with Crippen molar-refractivity contribution in [3.8, 4) is 11.5 Å². The predicted molar refractivity (Wildman–Crippen MR) is 117 cm³/mol. The first-order chi connectivity index (χ1) is 13.5. The van der Waals surface area contributed by atoms with Crippen molar-refractivity contribution in [3.05, 3.63) is 12.1 Å². The van der Waals surface area contributed by atoms with Crippen LogP contribution in [-0.2, 0) is 4.79 Å². The second-order valence-electron chi connectivity index (χ2n) is 7.18. The molecule has 1 aliphatic carbocycles. The molecule has 1 aromatic heterocycles. The Morgan fingerprint density at radius 3 is 2.52 bits per heavy atom. The number of nitrogen functional groups attached to an aromatic ring is 1. The fourth-order valence-corrected chi connectivity index (χ4v) is 3.60. The lowest BCUT2D eigenvalue weighted by Crippen LogP contribution is -2.32. The summed E-state index contributed by atoms with van der Waals surface area (Å²) in [6.07, 6.45) is 5.17. The standard InChI is InChI=1S/C20H29N5O3.ClH/c1-25(10-6-9-22-19(26)13-7-4-5-8-13)20-23-15-12-17(28-3)16(27-2)11-14(15)18(21)24-20;/h11-13H,4-10H2,1-3H3,(H,22,26)(H2,21,23,24);1H. The topological polar surface area (TPSA) is 103 Å². The van der Waals surface area contributed by atoms with Gasteiger partial charge >= 0.3 is 0 Å². The summed E-state index contributed by atoms with van der Waals surface area (Å²) in [5.41, 5.74) is 6.84. The number of halogens is 1. The second-order valence-corrected chi connectivity index (χ2v) is 7.18. The number of ether oxygens (including phenoxy) is 2. The highest BCUT2D eigenvalue weighted by atomic mass is 35.5. The molecule has 0 atom stereocenters. The number of rotatable bonds is 8. The molecule has 0 aliphatic heterocycles. The number of aromatic nitrogens is 2. The predicted octanol–water partition coefficient (Wildman–Crippen LogP) is 2.78. The summed E-state index contributed by atoms with van der Waals surface area (Å²) in [6, 6.07) is 3.58. The van der Waals surface area contributed by atoms with Crippen LogP contribution in [-0.4, -0.2) is 50.2 Å². The van der Waals surface area contributed by atoms with Crippen molar-refractivity contribution in [2.24, 2.45) is 5.92 Å². The molecule has 1 amide bonds. The van der Waals surface area contributed by atoms with Crippen LogP contribution < -0.4 is 25.4 Å². The van der Waals surface area contributed by atoms with Crippen molar-refractivity contribution in [3.63, 3.8) is 0 Å². The minimum absolute atomic E-state index is 0. The van der Waals surface area contributed by atoms with Gasteiger partial charge in [0.15, 0.2) is 11.5 Å². The summed E-state index contributed by atoms with van der Waals surface area (Å²) >= 11 is 0. The summed E-state index contributed by atoms with van der Waals surface area (Å²) < 4.78 is 10.7. The molecule has 0 bridgehead atoms. The van der Waals surface area contributed by atoms with Crippen molar-refractivity contribution in [2.75, 3.05) is 45.0 Å². The molecule has 29 heavy (non-hydrogen) atoms. The quantitative estimate of drug-likeness (QED) is 0.629. The third-order valence-corrected chi connectivity index (χ3v) is 5.26. The third kappa shape index (κ3) is 5.32. The van der Waals surface area contributed by atoms with E-state index in [0.29, 0.717) is 41.9 Å². The SMILES string of the molecule is COc1cc2nc(N(C)CCCNC(=O)C3CCCC3)nc(N)c2cc1OC.Cl. The molecule has 1 fully saturated rings. The molecular weight excluding hydrogens is 394 g/mol. The van der Waals surface area contributed by atoms with Crippen LogP contribution >= 0.6 is 12.4 Å².